The summed E-state index contributed by atoms with van der Waals surface area (Å²) in [6, 6.07) is 0. The zero-order valence-electron chi connectivity index (χ0n) is 10.4. The smallest absolute Gasteiger partial charge is 0.258 e. The number of nitrogens with one attached hydrogen (secondary N) is 1. The number of aromatic nitrogens is 7. The first-order valence-electron chi connectivity index (χ1n) is 5.62. The van der Waals surface area contributed by atoms with Gasteiger partial charge in [-0.05, 0) is 18.5 Å². The van der Waals surface area contributed by atoms with Crippen molar-refractivity contribution < 1.29 is 0 Å². The van der Waals surface area contributed by atoms with Gasteiger partial charge in [-0.25, -0.2) is 9.97 Å². The van der Waals surface area contributed by atoms with Crippen LogP contribution in [0.5, 0.6) is 0 Å². The Labute approximate surface area is 122 Å². The highest BCUT2D eigenvalue weighted by Crippen LogP contribution is 2.14. The summed E-state index contributed by atoms with van der Waals surface area (Å²) < 4.78 is 1.41. The van der Waals surface area contributed by atoms with Crippen LogP contribution in [0.2, 0.25) is 5.28 Å². The second kappa shape index (κ2) is 5.47. The van der Waals surface area contributed by atoms with E-state index in [9.17, 15) is 0 Å². The Balaban J connectivity index is 1.81. The van der Waals surface area contributed by atoms with Crippen molar-refractivity contribution in [1.82, 2.24) is 34.7 Å². The maximum atomic E-state index is 5.89. The molecule has 0 atom stereocenters. The van der Waals surface area contributed by atoms with E-state index >= 15 is 0 Å². The van der Waals surface area contributed by atoms with Crippen molar-refractivity contribution in [3.63, 3.8) is 0 Å². The molecule has 0 bridgehead atoms. The van der Waals surface area contributed by atoms with Gasteiger partial charge in [-0.1, -0.05) is 0 Å². The summed E-state index contributed by atoms with van der Waals surface area (Å²) in [5, 5.41) is 7.14. The molecule has 1 N–H and O–H groups in total. The van der Waals surface area contributed by atoms with Crippen molar-refractivity contribution in [3.8, 4) is 5.95 Å². The molecule has 0 aliphatic heterocycles. The number of hydrogen-bond donors (Lipinski definition) is 1. The molecule has 8 nitrogen and oxygen atoms in total. The lowest BCUT2D eigenvalue weighted by Gasteiger charge is -2.05. The molecular formula is C10H9ClN8S. The maximum Gasteiger partial charge on any atom is 0.258 e. The quantitative estimate of drug-likeness (QED) is 0.780. The van der Waals surface area contributed by atoms with Gasteiger partial charge < -0.3 is 5.32 Å². The molecule has 0 aliphatic carbocycles. The molecule has 0 saturated heterocycles. The summed E-state index contributed by atoms with van der Waals surface area (Å²) in [6.45, 7) is 2.53. The lowest BCUT2D eigenvalue weighted by molar-refractivity contribution is 0.793. The van der Waals surface area contributed by atoms with Crippen LogP contribution in [0, 0.1) is 6.92 Å². The molecule has 0 spiro atoms. The van der Waals surface area contributed by atoms with Gasteiger partial charge in [0.2, 0.25) is 11.2 Å². The number of hydrogen-bond acceptors (Lipinski definition) is 8. The van der Waals surface area contributed by atoms with E-state index in [0.717, 1.165) is 10.6 Å². The van der Waals surface area contributed by atoms with Crippen molar-refractivity contribution >= 4 is 28.9 Å². The molecule has 3 heterocycles. The van der Waals surface area contributed by atoms with Crippen LogP contribution in [0.25, 0.3) is 5.95 Å². The van der Waals surface area contributed by atoms with Crippen LogP contribution in [0.15, 0.2) is 18.2 Å². The van der Waals surface area contributed by atoms with Crippen LogP contribution in [0.4, 0.5) is 5.95 Å². The molecular weight excluding hydrogens is 300 g/mol. The minimum Gasteiger partial charge on any atom is -0.349 e. The second-order valence-electron chi connectivity index (χ2n) is 3.78. The van der Waals surface area contributed by atoms with Crippen molar-refractivity contribution in [3.05, 3.63) is 34.0 Å². The molecule has 10 heteroatoms. The Hall–Kier alpha value is -2.13. The number of thiazole rings is 1. The van der Waals surface area contributed by atoms with E-state index in [1.165, 1.54) is 17.3 Å². The van der Waals surface area contributed by atoms with Crippen LogP contribution in [-0.4, -0.2) is 34.7 Å². The molecule has 0 amide bonds. The molecule has 3 rings (SSSR count). The molecule has 20 heavy (non-hydrogen) atoms. The number of rotatable bonds is 4. The summed E-state index contributed by atoms with van der Waals surface area (Å²) in [7, 11) is 0. The van der Waals surface area contributed by atoms with Gasteiger partial charge in [-0.15, -0.1) is 11.3 Å². The predicted octanol–water partition coefficient (Wildman–Crippen LogP) is 1.48. The minimum atomic E-state index is 0.0917. The lowest BCUT2D eigenvalue weighted by atomic mass is 10.4. The van der Waals surface area contributed by atoms with Gasteiger partial charge in [-0.2, -0.15) is 24.7 Å². The van der Waals surface area contributed by atoms with Crippen LogP contribution in [0.3, 0.4) is 0 Å². The van der Waals surface area contributed by atoms with Gasteiger partial charge in [0.05, 0.1) is 17.7 Å². The first-order valence-corrected chi connectivity index (χ1v) is 6.87. The topological polar surface area (TPSA) is 94.3 Å². The summed E-state index contributed by atoms with van der Waals surface area (Å²) in [5.74, 6) is 0.689. The number of halogens is 1. The zero-order valence-corrected chi connectivity index (χ0v) is 11.9. The van der Waals surface area contributed by atoms with Crippen LogP contribution < -0.4 is 5.32 Å². The second-order valence-corrected chi connectivity index (χ2v) is 5.06. The molecule has 0 saturated carbocycles. The number of aryl methyl sites for hydroxylation is 1. The summed E-state index contributed by atoms with van der Waals surface area (Å²) in [5.41, 5.74) is 2.78. The normalized spacial score (nSPS) is 10.7. The van der Waals surface area contributed by atoms with Crippen molar-refractivity contribution in [2.24, 2.45) is 0 Å². The van der Waals surface area contributed by atoms with Crippen molar-refractivity contribution in [1.29, 1.82) is 0 Å². The fraction of sp³-hybridized carbons (Fsp3) is 0.200. The number of anilines is 1. The molecule has 0 aliphatic rings. The predicted molar refractivity (Wildman–Crippen MR) is 73.9 cm³/mol. The van der Waals surface area contributed by atoms with Crippen molar-refractivity contribution in [2.75, 3.05) is 5.32 Å². The van der Waals surface area contributed by atoms with Gasteiger partial charge in [0.15, 0.2) is 0 Å². The SMILES string of the molecule is Cc1ncsc1CNc1nc(Cl)nc(-n2cncn2)n1. The van der Waals surface area contributed by atoms with E-state index in [4.69, 9.17) is 11.6 Å². The van der Waals surface area contributed by atoms with Crippen LogP contribution in [0.1, 0.15) is 10.6 Å². The standard InChI is InChI=1S/C10H9ClN8S/c1-6-7(20-5-14-6)2-13-9-16-8(11)17-10(18-9)19-4-12-3-15-19/h3-5H,2H2,1H3,(H,13,16,17,18). The van der Waals surface area contributed by atoms with E-state index in [0.29, 0.717) is 18.4 Å². The molecule has 3 aromatic heterocycles. The first kappa shape index (κ1) is 12.9. The van der Waals surface area contributed by atoms with E-state index in [2.05, 4.69) is 35.3 Å². The summed E-state index contributed by atoms with van der Waals surface area (Å²) in [4.78, 5) is 21.4. The highest BCUT2D eigenvalue weighted by molar-refractivity contribution is 7.09. The Kier molecular flexibility index (Phi) is 3.52. The minimum absolute atomic E-state index is 0.0917. The summed E-state index contributed by atoms with van der Waals surface area (Å²) in [6.07, 6.45) is 2.88. The van der Waals surface area contributed by atoms with Crippen LogP contribution in [-0.2, 0) is 6.54 Å². The van der Waals surface area contributed by atoms with E-state index < -0.39 is 0 Å². The van der Waals surface area contributed by atoms with Gasteiger partial charge in [0.1, 0.15) is 12.7 Å². The van der Waals surface area contributed by atoms with Gasteiger partial charge in [0, 0.05) is 4.88 Å². The van der Waals surface area contributed by atoms with E-state index in [1.807, 2.05) is 6.92 Å². The van der Waals surface area contributed by atoms with E-state index in [1.54, 1.807) is 16.8 Å². The number of nitrogens with zero attached hydrogens (tertiary/aromatic N) is 7. The third-order valence-electron chi connectivity index (χ3n) is 2.47. The highest BCUT2D eigenvalue weighted by Gasteiger charge is 2.08. The summed E-state index contributed by atoms with van der Waals surface area (Å²) >= 11 is 7.45. The van der Waals surface area contributed by atoms with Crippen molar-refractivity contribution in [2.45, 2.75) is 13.5 Å². The van der Waals surface area contributed by atoms with Gasteiger partial charge in [0.25, 0.3) is 5.95 Å². The average molecular weight is 309 g/mol. The lowest BCUT2D eigenvalue weighted by Crippen LogP contribution is -2.09. The molecule has 0 aromatic carbocycles. The monoisotopic (exact) mass is 308 g/mol. The fourth-order valence-corrected chi connectivity index (χ4v) is 2.36. The van der Waals surface area contributed by atoms with E-state index in [-0.39, 0.29) is 5.28 Å². The van der Waals surface area contributed by atoms with Crippen LogP contribution >= 0.6 is 22.9 Å². The Morgan fingerprint density at radius 1 is 1.35 bits per heavy atom. The molecule has 0 unspecified atom stereocenters. The Bertz CT molecular complexity index is 710. The fourth-order valence-electron chi connectivity index (χ4n) is 1.49. The third-order valence-corrected chi connectivity index (χ3v) is 3.58. The Morgan fingerprint density at radius 3 is 2.95 bits per heavy atom. The molecule has 3 aromatic rings. The third kappa shape index (κ3) is 2.73. The first-order chi connectivity index (χ1) is 9.72. The Morgan fingerprint density at radius 2 is 2.25 bits per heavy atom. The molecule has 102 valence electrons. The maximum absolute atomic E-state index is 5.89. The largest absolute Gasteiger partial charge is 0.349 e. The van der Waals surface area contributed by atoms with Gasteiger partial charge >= 0.3 is 0 Å². The molecule has 0 radical (unpaired) electrons. The highest BCUT2D eigenvalue weighted by atomic mass is 35.5. The van der Waals surface area contributed by atoms with Gasteiger partial charge in [-0.3, -0.25) is 0 Å². The zero-order chi connectivity index (χ0) is 13.9. The molecule has 0 fully saturated rings. The average Bonchev–Trinajstić information content (AvgIpc) is 3.07.